The summed E-state index contributed by atoms with van der Waals surface area (Å²) in [4.78, 5) is 39.9. The first-order chi connectivity index (χ1) is 17.8. The van der Waals surface area contributed by atoms with Crippen molar-refractivity contribution in [3.8, 4) is 0 Å². The van der Waals surface area contributed by atoms with Gasteiger partial charge in [-0.05, 0) is 49.4 Å². The molecule has 37 heavy (non-hydrogen) atoms. The molecule has 1 N–H and O–H groups in total. The number of hydrogen-bond donors (Lipinski definition) is 1. The lowest BCUT2D eigenvalue weighted by atomic mass is 9.78. The molecule has 1 aliphatic heterocycles. The van der Waals surface area contributed by atoms with Crippen molar-refractivity contribution in [2.24, 2.45) is 0 Å². The van der Waals surface area contributed by atoms with Crippen LogP contribution < -0.4 is 15.3 Å². The molecule has 0 saturated carbocycles. The fourth-order valence-electron chi connectivity index (χ4n) is 5.26. The Hall–Kier alpha value is -4.26. The number of carboxylic acids is 1. The molecular formula is C30H26FN2O4-. The normalized spacial score (nSPS) is 19.0. The van der Waals surface area contributed by atoms with Crippen molar-refractivity contribution in [3.05, 3.63) is 107 Å². The van der Waals surface area contributed by atoms with E-state index in [2.05, 4.69) is 5.32 Å². The monoisotopic (exact) mass is 497 g/mol. The lowest BCUT2D eigenvalue weighted by molar-refractivity contribution is -0.305. The highest BCUT2D eigenvalue weighted by Gasteiger charge is 2.42. The minimum atomic E-state index is -1.35. The van der Waals surface area contributed by atoms with E-state index >= 15 is 4.39 Å². The van der Waals surface area contributed by atoms with Gasteiger partial charge in [0.25, 0.3) is 0 Å². The summed E-state index contributed by atoms with van der Waals surface area (Å²) in [7, 11) is 0. The van der Waals surface area contributed by atoms with Gasteiger partial charge in [-0.3, -0.25) is 14.5 Å². The van der Waals surface area contributed by atoms with Crippen molar-refractivity contribution >= 4 is 29.0 Å². The van der Waals surface area contributed by atoms with Crippen molar-refractivity contribution in [1.82, 2.24) is 0 Å². The second-order valence-electron chi connectivity index (χ2n) is 9.53. The van der Waals surface area contributed by atoms with Gasteiger partial charge in [-0.15, -0.1) is 0 Å². The molecule has 1 aliphatic carbocycles. The molecule has 0 spiro atoms. The molecule has 6 nitrogen and oxygen atoms in total. The van der Waals surface area contributed by atoms with Crippen LogP contribution in [0.4, 0.5) is 15.8 Å². The molecular weight excluding hydrogens is 471 g/mol. The van der Waals surface area contributed by atoms with Crippen molar-refractivity contribution in [3.63, 3.8) is 0 Å². The number of fused-ring (bicyclic) bond motifs is 1. The van der Waals surface area contributed by atoms with E-state index in [4.69, 9.17) is 0 Å². The Morgan fingerprint density at radius 1 is 0.973 bits per heavy atom. The first-order valence-electron chi connectivity index (χ1n) is 12.3. The molecule has 0 radical (unpaired) electrons. The number of nitrogens with zero attached hydrogens (tertiary/aromatic N) is 1. The zero-order chi connectivity index (χ0) is 26.1. The highest BCUT2D eigenvalue weighted by Crippen LogP contribution is 2.48. The van der Waals surface area contributed by atoms with Crippen LogP contribution in [0, 0.1) is 12.7 Å². The number of hydrogen-bond acceptors (Lipinski definition) is 5. The predicted molar refractivity (Wildman–Crippen MR) is 136 cm³/mol. The Kier molecular flexibility index (Phi) is 6.61. The lowest BCUT2D eigenvalue weighted by Crippen LogP contribution is -2.39. The van der Waals surface area contributed by atoms with Crippen molar-refractivity contribution in [1.29, 1.82) is 0 Å². The predicted octanol–water partition coefficient (Wildman–Crippen LogP) is 4.56. The van der Waals surface area contributed by atoms with E-state index in [1.165, 1.54) is 11.0 Å². The van der Waals surface area contributed by atoms with Crippen LogP contribution in [-0.2, 0) is 14.4 Å². The Morgan fingerprint density at radius 3 is 2.41 bits per heavy atom. The first-order valence-corrected chi connectivity index (χ1v) is 12.3. The van der Waals surface area contributed by atoms with Crippen LogP contribution in [0.1, 0.15) is 54.3 Å². The summed E-state index contributed by atoms with van der Waals surface area (Å²) in [5.74, 6) is -2.70. The number of carbonyl (C=O) groups excluding carboxylic acids is 3. The Bertz CT molecular complexity index is 1410. The van der Waals surface area contributed by atoms with Gasteiger partial charge in [0.15, 0.2) is 5.78 Å². The average Bonchev–Trinajstić information content (AvgIpc) is 3.02. The Labute approximate surface area is 214 Å². The number of Topliss-reactive ketones (excluding diaryl/α,β-unsaturated/α-hetero) is 1. The largest absolute Gasteiger partial charge is 0.550 e. The fourth-order valence-corrected chi connectivity index (χ4v) is 5.26. The molecule has 3 aromatic carbocycles. The average molecular weight is 498 g/mol. The number of amides is 1. The molecule has 3 aromatic rings. The third kappa shape index (κ3) is 4.77. The van der Waals surface area contributed by atoms with Crippen LogP contribution in [0.25, 0.3) is 0 Å². The number of nitrogens with one attached hydrogen (secondary N) is 1. The number of benzene rings is 3. The van der Waals surface area contributed by atoms with Gasteiger partial charge in [0.05, 0.1) is 17.4 Å². The number of para-hydroxylation sites is 2. The summed E-state index contributed by atoms with van der Waals surface area (Å²) >= 11 is 0. The van der Waals surface area contributed by atoms with Gasteiger partial charge < -0.3 is 15.2 Å². The van der Waals surface area contributed by atoms with Crippen LogP contribution in [0.15, 0.2) is 84.1 Å². The molecule has 1 heterocycles. The van der Waals surface area contributed by atoms with E-state index in [-0.39, 0.29) is 30.1 Å². The molecule has 2 atom stereocenters. The van der Waals surface area contributed by atoms with E-state index < -0.39 is 30.2 Å². The van der Waals surface area contributed by atoms with Crippen molar-refractivity contribution < 1.29 is 23.9 Å². The fraction of sp³-hybridized carbons (Fsp3) is 0.233. The van der Waals surface area contributed by atoms with Gasteiger partial charge in [-0.2, -0.15) is 0 Å². The van der Waals surface area contributed by atoms with Crippen LogP contribution >= 0.6 is 0 Å². The number of carboxylic acid groups (broad SMARTS) is 1. The zero-order valence-corrected chi connectivity index (χ0v) is 20.4. The topological polar surface area (TPSA) is 89.5 Å². The molecule has 2 aliphatic rings. The smallest absolute Gasteiger partial charge is 0.228 e. The second-order valence-corrected chi connectivity index (χ2v) is 9.53. The summed E-state index contributed by atoms with van der Waals surface area (Å²) in [6.45, 7) is 2.01. The van der Waals surface area contributed by atoms with E-state index in [9.17, 15) is 19.5 Å². The number of anilines is 2. The van der Waals surface area contributed by atoms with Gasteiger partial charge in [-0.25, -0.2) is 4.39 Å². The molecule has 0 fully saturated rings. The van der Waals surface area contributed by atoms with Gasteiger partial charge in [-0.1, -0.05) is 60.2 Å². The lowest BCUT2D eigenvalue weighted by Gasteiger charge is -2.35. The number of ketones is 1. The standard InChI is InChI=1S/C30H27FN2O4/c1-18-10-12-19(13-11-18)20-16-24-29(26(34)17-20)30(21-6-2-3-7-22(21)31)33(27(35)14-15-28(36)37)25-9-5-4-8-23(25)32-24/h2-13,20,30,32H,14-17H2,1H3,(H,36,37)/p-1/t20-,30+/m0/s1. The Morgan fingerprint density at radius 2 is 1.68 bits per heavy atom. The van der Waals surface area contributed by atoms with Gasteiger partial charge in [0, 0.05) is 35.6 Å². The number of aliphatic carboxylic acids is 1. The highest BCUT2D eigenvalue weighted by molar-refractivity contribution is 6.06. The number of carbonyl (C=O) groups is 3. The molecule has 0 saturated heterocycles. The summed E-state index contributed by atoms with van der Waals surface area (Å²) < 4.78 is 15.3. The third-order valence-electron chi connectivity index (χ3n) is 7.05. The van der Waals surface area contributed by atoms with Crippen LogP contribution in [0.5, 0.6) is 0 Å². The molecule has 0 bridgehead atoms. The van der Waals surface area contributed by atoms with E-state index in [1.807, 2.05) is 31.2 Å². The molecule has 1 amide bonds. The summed E-state index contributed by atoms with van der Waals surface area (Å²) in [6, 6.07) is 20.2. The van der Waals surface area contributed by atoms with Gasteiger partial charge >= 0.3 is 0 Å². The maximum Gasteiger partial charge on any atom is 0.228 e. The minimum absolute atomic E-state index is 0.0758. The molecule has 0 aromatic heterocycles. The second kappa shape index (κ2) is 10.0. The summed E-state index contributed by atoms with van der Waals surface area (Å²) in [6.07, 6.45) is -0.106. The SMILES string of the molecule is Cc1ccc([C@@H]2CC(=O)C3=C(C2)Nc2ccccc2N(C(=O)CCC(=O)[O-])[C@@H]3c2ccccc2F)cc1. The van der Waals surface area contributed by atoms with Gasteiger partial charge in [0.1, 0.15) is 5.82 Å². The Balaban J connectivity index is 1.69. The van der Waals surface area contributed by atoms with Gasteiger partial charge in [0.2, 0.25) is 5.91 Å². The number of aryl methyl sites for hydroxylation is 1. The number of halogens is 1. The summed E-state index contributed by atoms with van der Waals surface area (Å²) in [5.41, 5.74) is 4.34. The molecule has 7 heteroatoms. The van der Waals surface area contributed by atoms with E-state index in [0.29, 0.717) is 29.1 Å². The summed E-state index contributed by atoms with van der Waals surface area (Å²) in [5, 5.41) is 14.5. The molecule has 5 rings (SSSR count). The maximum absolute atomic E-state index is 15.3. The van der Waals surface area contributed by atoms with Crippen molar-refractivity contribution in [2.75, 3.05) is 10.2 Å². The number of rotatable bonds is 5. The molecule has 0 unspecified atom stereocenters. The first kappa shape index (κ1) is 24.4. The molecule has 188 valence electrons. The van der Waals surface area contributed by atoms with E-state index in [1.54, 1.807) is 42.5 Å². The quantitative estimate of drug-likeness (QED) is 0.558. The zero-order valence-electron chi connectivity index (χ0n) is 20.4. The third-order valence-corrected chi connectivity index (χ3v) is 7.05. The van der Waals surface area contributed by atoms with Crippen LogP contribution in [0.2, 0.25) is 0 Å². The highest BCUT2D eigenvalue weighted by atomic mass is 19.1. The van der Waals surface area contributed by atoms with Crippen LogP contribution in [-0.4, -0.2) is 17.7 Å². The van der Waals surface area contributed by atoms with Crippen LogP contribution in [0.3, 0.4) is 0 Å². The number of allylic oxidation sites excluding steroid dienone is 1. The maximum atomic E-state index is 15.3. The van der Waals surface area contributed by atoms with Crippen molar-refractivity contribution in [2.45, 2.75) is 44.6 Å². The van der Waals surface area contributed by atoms with E-state index in [0.717, 1.165) is 11.1 Å². The minimum Gasteiger partial charge on any atom is -0.550 e.